The third kappa shape index (κ3) is 3.09. The summed E-state index contributed by atoms with van der Waals surface area (Å²) in [4.78, 5) is 14.9. The molecule has 0 radical (unpaired) electrons. The van der Waals surface area contributed by atoms with Crippen molar-refractivity contribution in [1.82, 2.24) is 10.2 Å². The first-order chi connectivity index (χ1) is 10.0. The number of hydrogen-bond donors (Lipinski definition) is 1. The molecule has 2 fully saturated rings. The van der Waals surface area contributed by atoms with Gasteiger partial charge in [0.1, 0.15) is 0 Å². The largest absolute Gasteiger partial charge is 0.336 e. The van der Waals surface area contributed by atoms with E-state index >= 15 is 0 Å². The summed E-state index contributed by atoms with van der Waals surface area (Å²) in [5, 5.41) is 4.28. The maximum absolute atomic E-state index is 12.9. The standard InChI is InChI=1S/C17H23ClN2O/c1-11(2)20(10-12-4-3-5-13(18)8-12)17(21)15-9-14-6-7-16(15)19-14/h3-5,8,11,14-16,19H,6-7,9-10H2,1-2H3. The second-order valence-electron chi connectivity index (χ2n) is 6.58. The number of halogens is 1. The molecule has 0 aliphatic carbocycles. The SMILES string of the molecule is CC(C)N(Cc1cccc(Cl)c1)C(=O)C1CC2CCC1N2. The number of fused-ring (bicyclic) bond motifs is 2. The minimum Gasteiger partial charge on any atom is -0.336 e. The van der Waals surface area contributed by atoms with Crippen molar-refractivity contribution in [3.63, 3.8) is 0 Å². The summed E-state index contributed by atoms with van der Waals surface area (Å²) in [6.45, 7) is 4.82. The Kier molecular flexibility index (Phi) is 4.23. The maximum atomic E-state index is 12.9. The molecule has 21 heavy (non-hydrogen) atoms. The maximum Gasteiger partial charge on any atom is 0.227 e. The summed E-state index contributed by atoms with van der Waals surface area (Å²) in [6.07, 6.45) is 3.37. The molecule has 114 valence electrons. The molecular weight excluding hydrogens is 284 g/mol. The highest BCUT2D eigenvalue weighted by atomic mass is 35.5. The molecule has 2 aliphatic rings. The second kappa shape index (κ2) is 5.98. The molecule has 1 amide bonds. The summed E-state index contributed by atoms with van der Waals surface area (Å²) in [5.74, 6) is 0.454. The Labute approximate surface area is 131 Å². The van der Waals surface area contributed by atoms with Crippen LogP contribution < -0.4 is 5.32 Å². The topological polar surface area (TPSA) is 32.3 Å². The predicted molar refractivity (Wildman–Crippen MR) is 85.2 cm³/mol. The molecule has 1 aromatic rings. The lowest BCUT2D eigenvalue weighted by Crippen LogP contribution is -2.44. The molecule has 2 heterocycles. The molecule has 4 heteroatoms. The molecule has 2 saturated heterocycles. The van der Waals surface area contributed by atoms with E-state index in [4.69, 9.17) is 11.6 Å². The van der Waals surface area contributed by atoms with E-state index in [2.05, 4.69) is 19.2 Å². The third-order valence-corrected chi connectivity index (χ3v) is 5.00. The lowest BCUT2D eigenvalue weighted by atomic mass is 9.87. The highest BCUT2D eigenvalue weighted by molar-refractivity contribution is 6.30. The van der Waals surface area contributed by atoms with Crippen LogP contribution in [0.2, 0.25) is 5.02 Å². The molecule has 3 atom stereocenters. The highest BCUT2D eigenvalue weighted by Crippen LogP contribution is 2.35. The second-order valence-corrected chi connectivity index (χ2v) is 7.02. The Morgan fingerprint density at radius 1 is 1.43 bits per heavy atom. The van der Waals surface area contributed by atoms with Crippen molar-refractivity contribution in [2.45, 2.75) is 57.8 Å². The van der Waals surface area contributed by atoms with E-state index in [1.54, 1.807) is 0 Å². The van der Waals surface area contributed by atoms with Gasteiger partial charge >= 0.3 is 0 Å². The number of rotatable bonds is 4. The number of hydrogen-bond acceptors (Lipinski definition) is 2. The number of carbonyl (C=O) groups excluding carboxylic acids is 1. The number of amides is 1. The van der Waals surface area contributed by atoms with Gasteiger partial charge in [-0.2, -0.15) is 0 Å². The first-order valence-corrected chi connectivity index (χ1v) is 8.23. The Hall–Kier alpha value is -1.06. The van der Waals surface area contributed by atoms with Crippen molar-refractivity contribution in [1.29, 1.82) is 0 Å². The van der Waals surface area contributed by atoms with Gasteiger partial charge in [0.2, 0.25) is 5.91 Å². The van der Waals surface area contributed by atoms with Crippen LogP contribution in [-0.2, 0) is 11.3 Å². The van der Waals surface area contributed by atoms with Crippen LogP contribution in [0, 0.1) is 5.92 Å². The van der Waals surface area contributed by atoms with Crippen LogP contribution in [0.3, 0.4) is 0 Å². The molecule has 0 spiro atoms. The zero-order valence-corrected chi connectivity index (χ0v) is 13.4. The van der Waals surface area contributed by atoms with E-state index in [9.17, 15) is 4.79 Å². The third-order valence-electron chi connectivity index (χ3n) is 4.77. The summed E-state index contributed by atoms with van der Waals surface area (Å²) >= 11 is 6.05. The van der Waals surface area contributed by atoms with Gasteiger partial charge in [-0.25, -0.2) is 0 Å². The zero-order chi connectivity index (χ0) is 15.0. The van der Waals surface area contributed by atoms with E-state index in [1.165, 1.54) is 6.42 Å². The van der Waals surface area contributed by atoms with E-state index in [0.29, 0.717) is 24.5 Å². The predicted octanol–water partition coefficient (Wildman–Crippen LogP) is 3.22. The van der Waals surface area contributed by atoms with Crippen LogP contribution in [0.1, 0.15) is 38.7 Å². The van der Waals surface area contributed by atoms with Gasteiger partial charge in [-0.3, -0.25) is 4.79 Å². The van der Waals surface area contributed by atoms with Crippen LogP contribution in [-0.4, -0.2) is 28.9 Å². The smallest absolute Gasteiger partial charge is 0.227 e. The summed E-state index contributed by atoms with van der Waals surface area (Å²) in [7, 11) is 0. The molecule has 0 aromatic heterocycles. The Balaban J connectivity index is 1.73. The Bertz CT molecular complexity index is 531. The fraction of sp³-hybridized carbons (Fsp3) is 0.588. The normalized spacial score (nSPS) is 27.3. The van der Waals surface area contributed by atoms with Gasteiger partial charge in [-0.15, -0.1) is 0 Å². The van der Waals surface area contributed by atoms with Crippen molar-refractivity contribution in [2.75, 3.05) is 0 Å². The molecule has 0 saturated carbocycles. The quantitative estimate of drug-likeness (QED) is 0.926. The van der Waals surface area contributed by atoms with Crippen LogP contribution in [0.5, 0.6) is 0 Å². The van der Waals surface area contributed by atoms with Crippen LogP contribution in [0.25, 0.3) is 0 Å². The lowest BCUT2D eigenvalue weighted by Gasteiger charge is -2.32. The van der Waals surface area contributed by atoms with Gasteiger partial charge in [0.25, 0.3) is 0 Å². The van der Waals surface area contributed by atoms with Gasteiger partial charge in [0.15, 0.2) is 0 Å². The van der Waals surface area contributed by atoms with E-state index in [1.807, 2.05) is 29.2 Å². The van der Waals surface area contributed by atoms with Crippen molar-refractivity contribution in [2.24, 2.45) is 5.92 Å². The van der Waals surface area contributed by atoms with Gasteiger partial charge in [0, 0.05) is 29.7 Å². The minimum absolute atomic E-state index is 0.158. The van der Waals surface area contributed by atoms with Gasteiger partial charge < -0.3 is 10.2 Å². The lowest BCUT2D eigenvalue weighted by molar-refractivity contribution is -0.138. The fourth-order valence-electron chi connectivity index (χ4n) is 3.66. The van der Waals surface area contributed by atoms with Gasteiger partial charge in [-0.05, 0) is 50.8 Å². The number of nitrogens with zero attached hydrogens (tertiary/aromatic N) is 1. The van der Waals surface area contributed by atoms with Gasteiger partial charge in [-0.1, -0.05) is 23.7 Å². The van der Waals surface area contributed by atoms with E-state index in [-0.39, 0.29) is 12.0 Å². The average molecular weight is 307 g/mol. The summed E-state index contributed by atoms with van der Waals surface area (Å²) in [6, 6.07) is 8.95. The number of benzene rings is 1. The van der Waals surface area contributed by atoms with Crippen molar-refractivity contribution < 1.29 is 4.79 Å². The molecule has 2 bridgehead atoms. The molecule has 3 unspecified atom stereocenters. The number of nitrogens with one attached hydrogen (secondary N) is 1. The molecule has 2 aliphatic heterocycles. The van der Waals surface area contributed by atoms with E-state index in [0.717, 1.165) is 23.4 Å². The fourth-order valence-corrected chi connectivity index (χ4v) is 3.87. The first-order valence-electron chi connectivity index (χ1n) is 7.85. The van der Waals surface area contributed by atoms with Crippen LogP contribution >= 0.6 is 11.6 Å². The molecule has 3 rings (SSSR count). The molecule has 1 aromatic carbocycles. The van der Waals surface area contributed by atoms with Crippen molar-refractivity contribution in [3.8, 4) is 0 Å². The molecule has 3 nitrogen and oxygen atoms in total. The van der Waals surface area contributed by atoms with Crippen LogP contribution in [0.15, 0.2) is 24.3 Å². The number of carbonyl (C=O) groups is 1. The molecular formula is C17H23ClN2O. The molecule has 1 N–H and O–H groups in total. The van der Waals surface area contributed by atoms with E-state index < -0.39 is 0 Å². The summed E-state index contributed by atoms with van der Waals surface area (Å²) < 4.78 is 0. The van der Waals surface area contributed by atoms with Crippen LogP contribution in [0.4, 0.5) is 0 Å². The Morgan fingerprint density at radius 2 is 2.24 bits per heavy atom. The van der Waals surface area contributed by atoms with Gasteiger partial charge in [0.05, 0.1) is 5.92 Å². The van der Waals surface area contributed by atoms with Crippen molar-refractivity contribution in [3.05, 3.63) is 34.9 Å². The van der Waals surface area contributed by atoms with Crippen molar-refractivity contribution >= 4 is 17.5 Å². The monoisotopic (exact) mass is 306 g/mol. The Morgan fingerprint density at radius 3 is 2.81 bits per heavy atom. The minimum atomic E-state index is 0.158. The highest BCUT2D eigenvalue weighted by Gasteiger charge is 2.44. The zero-order valence-electron chi connectivity index (χ0n) is 12.7. The average Bonchev–Trinajstić information content (AvgIpc) is 3.06. The summed E-state index contributed by atoms with van der Waals surface area (Å²) in [5.41, 5.74) is 1.10. The first kappa shape index (κ1) is 14.9.